The van der Waals surface area contributed by atoms with Crippen LogP contribution in [0.25, 0.3) is 0 Å². The predicted octanol–water partition coefficient (Wildman–Crippen LogP) is 3.21. The van der Waals surface area contributed by atoms with Crippen LogP contribution in [0.4, 0.5) is 10.5 Å². The van der Waals surface area contributed by atoms with Crippen molar-refractivity contribution in [2.24, 2.45) is 4.99 Å². The minimum atomic E-state index is -1.37. The first kappa shape index (κ1) is 21.8. The summed E-state index contributed by atoms with van der Waals surface area (Å²) in [6.07, 6.45) is -2.20. The molecule has 0 spiro atoms. The fourth-order valence-electron chi connectivity index (χ4n) is 3.52. The molecular weight excluding hydrogens is 422 g/mol. The van der Waals surface area contributed by atoms with Gasteiger partial charge < -0.3 is 9.84 Å². The van der Waals surface area contributed by atoms with Gasteiger partial charge in [0.2, 0.25) is 6.17 Å². The maximum absolute atomic E-state index is 13.3. The van der Waals surface area contributed by atoms with Gasteiger partial charge in [-0.3, -0.25) is 19.8 Å². The molecular formula is C25H21N3O5. The van der Waals surface area contributed by atoms with Crippen LogP contribution in [-0.4, -0.2) is 41.5 Å². The number of aliphatic imine (C=N–C) groups is 1. The largest absolute Gasteiger partial charge is 0.480 e. The highest BCUT2D eigenvalue weighted by atomic mass is 16.5. The number of nitrogens with one attached hydrogen (secondary N) is 1. The van der Waals surface area contributed by atoms with Gasteiger partial charge in [0, 0.05) is 11.1 Å². The van der Waals surface area contributed by atoms with E-state index in [1.165, 1.54) is 0 Å². The molecule has 0 radical (unpaired) electrons. The average molecular weight is 443 g/mol. The van der Waals surface area contributed by atoms with Crippen LogP contribution in [0, 0.1) is 0 Å². The number of carboxylic acids is 1. The van der Waals surface area contributed by atoms with Crippen LogP contribution in [0.1, 0.15) is 16.7 Å². The van der Waals surface area contributed by atoms with Gasteiger partial charge in [-0.2, -0.15) is 0 Å². The maximum Gasteiger partial charge on any atom is 0.409 e. The highest BCUT2D eigenvalue weighted by Gasteiger charge is 2.34. The molecule has 0 unspecified atom stereocenters. The van der Waals surface area contributed by atoms with Gasteiger partial charge in [0.1, 0.15) is 13.2 Å². The van der Waals surface area contributed by atoms with Gasteiger partial charge >= 0.3 is 12.1 Å². The number of benzodiazepines with no additional fused rings is 1. The number of alkyl carbamates (subject to hydrolysis) is 1. The number of para-hydroxylation sites is 1. The van der Waals surface area contributed by atoms with E-state index in [1.54, 1.807) is 36.4 Å². The van der Waals surface area contributed by atoms with Crippen LogP contribution in [0.2, 0.25) is 0 Å². The second kappa shape index (κ2) is 9.78. The minimum Gasteiger partial charge on any atom is -0.480 e. The Morgan fingerprint density at radius 1 is 0.939 bits per heavy atom. The molecule has 0 aromatic heterocycles. The third-order valence-corrected chi connectivity index (χ3v) is 5.02. The Balaban J connectivity index is 1.68. The van der Waals surface area contributed by atoms with Crippen LogP contribution in [0.5, 0.6) is 0 Å². The zero-order valence-corrected chi connectivity index (χ0v) is 17.5. The summed E-state index contributed by atoms with van der Waals surface area (Å²) in [5.41, 5.74) is 2.95. The van der Waals surface area contributed by atoms with Gasteiger partial charge in [-0.25, -0.2) is 9.79 Å². The fourth-order valence-corrected chi connectivity index (χ4v) is 3.52. The summed E-state index contributed by atoms with van der Waals surface area (Å²) in [6, 6.07) is 25.2. The van der Waals surface area contributed by atoms with Crippen LogP contribution in [-0.2, 0) is 20.9 Å². The number of nitrogens with zero attached hydrogens (tertiary/aromatic N) is 2. The van der Waals surface area contributed by atoms with Gasteiger partial charge in [-0.1, -0.05) is 78.9 Å². The van der Waals surface area contributed by atoms with Crippen molar-refractivity contribution >= 4 is 29.4 Å². The SMILES string of the molecule is O=C(O)CN1C(=O)[C@@H](NC(=O)OCc2ccccc2)N=C(c2ccccc2)c2ccccc21. The Kier molecular flexibility index (Phi) is 6.45. The first-order valence-electron chi connectivity index (χ1n) is 10.3. The van der Waals surface area contributed by atoms with Crippen LogP contribution in [0.3, 0.4) is 0 Å². The first-order valence-corrected chi connectivity index (χ1v) is 10.3. The lowest BCUT2D eigenvalue weighted by molar-refractivity contribution is -0.136. The number of hydrogen-bond acceptors (Lipinski definition) is 5. The molecule has 1 aliphatic rings. The molecule has 8 nitrogen and oxygen atoms in total. The van der Waals surface area contributed by atoms with Gasteiger partial charge in [-0.15, -0.1) is 0 Å². The van der Waals surface area contributed by atoms with Crippen LogP contribution < -0.4 is 10.2 Å². The van der Waals surface area contributed by atoms with Gasteiger partial charge in [0.05, 0.1) is 11.4 Å². The number of anilines is 1. The lowest BCUT2D eigenvalue weighted by Crippen LogP contribution is -2.49. The molecule has 0 fully saturated rings. The van der Waals surface area contributed by atoms with Crippen molar-refractivity contribution in [3.8, 4) is 0 Å². The number of aliphatic carboxylic acids is 1. The number of carbonyl (C=O) groups excluding carboxylic acids is 2. The van der Waals surface area contributed by atoms with Crippen molar-refractivity contribution in [1.29, 1.82) is 0 Å². The number of carbonyl (C=O) groups is 3. The van der Waals surface area contributed by atoms with E-state index in [9.17, 15) is 19.5 Å². The molecule has 1 aliphatic heterocycles. The lowest BCUT2D eigenvalue weighted by atomic mass is 10.0. The van der Waals surface area contributed by atoms with E-state index < -0.39 is 30.7 Å². The molecule has 0 aliphatic carbocycles. The van der Waals surface area contributed by atoms with Crippen molar-refractivity contribution in [2.45, 2.75) is 12.8 Å². The third-order valence-electron chi connectivity index (χ3n) is 5.02. The summed E-state index contributed by atoms with van der Waals surface area (Å²) >= 11 is 0. The number of carboxylic acid groups (broad SMARTS) is 1. The van der Waals surface area contributed by atoms with E-state index in [0.29, 0.717) is 17.0 Å². The molecule has 3 aromatic rings. The number of fused-ring (bicyclic) bond motifs is 1. The summed E-state index contributed by atoms with van der Waals surface area (Å²) in [6.45, 7) is -0.563. The van der Waals surface area contributed by atoms with Gasteiger partial charge in [-0.05, 0) is 11.6 Å². The molecule has 166 valence electrons. The van der Waals surface area contributed by atoms with E-state index >= 15 is 0 Å². The Hall–Kier alpha value is -4.46. The molecule has 2 amide bonds. The first-order chi connectivity index (χ1) is 16.0. The average Bonchev–Trinajstić information content (AvgIpc) is 2.94. The molecule has 0 bridgehead atoms. The molecule has 3 aromatic carbocycles. The minimum absolute atomic E-state index is 0.0158. The van der Waals surface area contributed by atoms with Crippen LogP contribution in [0.15, 0.2) is 89.9 Å². The Morgan fingerprint density at radius 3 is 2.27 bits per heavy atom. The smallest absolute Gasteiger partial charge is 0.409 e. The molecule has 1 atom stereocenters. The molecule has 0 saturated carbocycles. The second-order valence-electron chi connectivity index (χ2n) is 7.29. The summed E-state index contributed by atoms with van der Waals surface area (Å²) in [5, 5.41) is 11.9. The van der Waals surface area contributed by atoms with E-state index in [0.717, 1.165) is 16.0 Å². The van der Waals surface area contributed by atoms with Crippen molar-refractivity contribution in [1.82, 2.24) is 5.32 Å². The van der Waals surface area contributed by atoms with E-state index in [2.05, 4.69) is 10.3 Å². The molecule has 0 saturated heterocycles. The lowest BCUT2D eigenvalue weighted by Gasteiger charge is -2.23. The van der Waals surface area contributed by atoms with E-state index in [-0.39, 0.29) is 6.61 Å². The number of ether oxygens (including phenoxy) is 1. The van der Waals surface area contributed by atoms with Crippen molar-refractivity contribution in [3.63, 3.8) is 0 Å². The molecule has 4 rings (SSSR count). The molecule has 8 heteroatoms. The number of rotatable bonds is 6. The van der Waals surface area contributed by atoms with E-state index in [4.69, 9.17) is 4.74 Å². The summed E-state index contributed by atoms with van der Waals surface area (Å²) in [4.78, 5) is 43.0. The third kappa shape index (κ3) is 5.07. The maximum atomic E-state index is 13.3. The van der Waals surface area contributed by atoms with Crippen molar-refractivity contribution in [3.05, 3.63) is 102 Å². The summed E-state index contributed by atoms with van der Waals surface area (Å²) < 4.78 is 5.25. The fraction of sp³-hybridized carbons (Fsp3) is 0.120. The zero-order valence-electron chi connectivity index (χ0n) is 17.5. The van der Waals surface area contributed by atoms with E-state index in [1.807, 2.05) is 48.5 Å². The summed E-state index contributed by atoms with van der Waals surface area (Å²) in [7, 11) is 0. The van der Waals surface area contributed by atoms with Gasteiger partial charge in [0.25, 0.3) is 5.91 Å². The zero-order chi connectivity index (χ0) is 23.2. The standard InChI is InChI=1S/C25H21N3O5/c29-21(30)15-28-20-14-8-7-13-19(20)22(18-11-5-2-6-12-18)26-23(24(28)31)27-25(32)33-16-17-9-3-1-4-10-17/h1-14,23H,15-16H2,(H,27,32)(H,29,30)/t23-/m1/s1. The Labute approximate surface area is 190 Å². The monoisotopic (exact) mass is 443 g/mol. The van der Waals surface area contributed by atoms with Crippen molar-refractivity contribution < 1.29 is 24.2 Å². The highest BCUT2D eigenvalue weighted by molar-refractivity contribution is 6.20. The highest BCUT2D eigenvalue weighted by Crippen LogP contribution is 2.28. The summed E-state index contributed by atoms with van der Waals surface area (Å²) in [5.74, 6) is -1.86. The molecule has 33 heavy (non-hydrogen) atoms. The molecule has 2 N–H and O–H groups in total. The van der Waals surface area contributed by atoms with Gasteiger partial charge in [0.15, 0.2) is 0 Å². The van der Waals surface area contributed by atoms with Crippen molar-refractivity contribution in [2.75, 3.05) is 11.4 Å². The quantitative estimate of drug-likeness (QED) is 0.608. The normalized spacial score (nSPS) is 15.2. The molecule has 1 heterocycles. The van der Waals surface area contributed by atoms with Crippen LogP contribution >= 0.6 is 0 Å². The Morgan fingerprint density at radius 2 is 1.58 bits per heavy atom. The second-order valence-corrected chi connectivity index (χ2v) is 7.29. The number of amides is 2. The number of benzene rings is 3. The topological polar surface area (TPSA) is 108 Å². The Bertz CT molecular complexity index is 1190. The predicted molar refractivity (Wildman–Crippen MR) is 122 cm³/mol. The number of hydrogen-bond donors (Lipinski definition) is 2.